The predicted octanol–water partition coefficient (Wildman–Crippen LogP) is 1.99. The smallest absolute Gasteiger partial charge is 0.107 e. The predicted molar refractivity (Wildman–Crippen MR) is 78.4 cm³/mol. The minimum atomic E-state index is 0.496. The molecular weight excluding hydrogens is 250 g/mol. The molecule has 0 bridgehead atoms. The molecule has 0 aliphatic carbocycles. The number of aryl methyl sites for hydroxylation is 1. The van der Waals surface area contributed by atoms with E-state index >= 15 is 0 Å². The van der Waals surface area contributed by atoms with Crippen LogP contribution in [0, 0.1) is 6.92 Å². The van der Waals surface area contributed by atoms with Crippen LogP contribution in [0.2, 0.25) is 0 Å². The number of piperidine rings is 1. The van der Waals surface area contributed by atoms with E-state index in [1.165, 1.54) is 19.4 Å². The van der Waals surface area contributed by atoms with Gasteiger partial charge >= 0.3 is 0 Å². The molecule has 1 aliphatic rings. The lowest BCUT2D eigenvalue weighted by Crippen LogP contribution is -2.31. The fourth-order valence-electron chi connectivity index (χ4n) is 2.85. The van der Waals surface area contributed by atoms with Crippen molar-refractivity contribution in [3.8, 4) is 11.4 Å². The van der Waals surface area contributed by atoms with Crippen molar-refractivity contribution in [2.75, 3.05) is 20.1 Å². The first-order chi connectivity index (χ1) is 9.65. The molecule has 0 unspecified atom stereocenters. The molecule has 3 rings (SSSR count). The standard InChI is InChI=1S/C15H21N5/c1-11-17-9-15(20(11)3)14-8-16-7-13(18-14)12-5-4-6-19(2)10-12/h7-9,12H,4-6,10H2,1-3H3/t12-/m0/s1. The van der Waals surface area contributed by atoms with Crippen molar-refractivity contribution in [2.45, 2.75) is 25.7 Å². The van der Waals surface area contributed by atoms with Gasteiger partial charge < -0.3 is 9.47 Å². The van der Waals surface area contributed by atoms with E-state index in [0.717, 1.165) is 29.5 Å². The highest BCUT2D eigenvalue weighted by Gasteiger charge is 2.21. The number of likely N-dealkylation sites (tertiary alicyclic amines) is 1. The van der Waals surface area contributed by atoms with Gasteiger partial charge in [-0.2, -0.15) is 0 Å². The molecule has 1 saturated heterocycles. The van der Waals surface area contributed by atoms with Gasteiger partial charge in [0.1, 0.15) is 11.5 Å². The van der Waals surface area contributed by atoms with Gasteiger partial charge in [-0.1, -0.05) is 0 Å². The van der Waals surface area contributed by atoms with E-state index in [-0.39, 0.29) is 0 Å². The lowest BCUT2D eigenvalue weighted by atomic mass is 9.95. The Balaban J connectivity index is 1.91. The van der Waals surface area contributed by atoms with Crippen LogP contribution < -0.4 is 0 Å². The van der Waals surface area contributed by atoms with Crippen molar-refractivity contribution in [3.63, 3.8) is 0 Å². The maximum Gasteiger partial charge on any atom is 0.107 e. The number of nitrogens with zero attached hydrogens (tertiary/aromatic N) is 5. The summed E-state index contributed by atoms with van der Waals surface area (Å²) in [6.45, 7) is 4.25. The molecule has 0 amide bonds. The van der Waals surface area contributed by atoms with Crippen molar-refractivity contribution in [3.05, 3.63) is 30.1 Å². The summed E-state index contributed by atoms with van der Waals surface area (Å²) in [6, 6.07) is 0. The number of hydrogen-bond acceptors (Lipinski definition) is 4. The zero-order valence-electron chi connectivity index (χ0n) is 12.4. The Morgan fingerprint density at radius 2 is 2.05 bits per heavy atom. The molecule has 1 aliphatic heterocycles. The Labute approximate surface area is 119 Å². The molecule has 2 aromatic heterocycles. The Hall–Kier alpha value is -1.75. The summed E-state index contributed by atoms with van der Waals surface area (Å²) in [5.74, 6) is 1.49. The maximum absolute atomic E-state index is 4.83. The summed E-state index contributed by atoms with van der Waals surface area (Å²) in [4.78, 5) is 15.9. The molecule has 0 spiro atoms. The van der Waals surface area contributed by atoms with Crippen molar-refractivity contribution in [1.29, 1.82) is 0 Å². The topological polar surface area (TPSA) is 46.8 Å². The molecule has 20 heavy (non-hydrogen) atoms. The monoisotopic (exact) mass is 271 g/mol. The quantitative estimate of drug-likeness (QED) is 0.838. The van der Waals surface area contributed by atoms with Gasteiger partial charge in [0.15, 0.2) is 0 Å². The van der Waals surface area contributed by atoms with Crippen LogP contribution in [0.5, 0.6) is 0 Å². The molecule has 1 atom stereocenters. The summed E-state index contributed by atoms with van der Waals surface area (Å²) in [5, 5.41) is 0. The fourth-order valence-corrected chi connectivity index (χ4v) is 2.85. The van der Waals surface area contributed by atoms with E-state index in [1.807, 2.05) is 32.6 Å². The molecule has 5 heteroatoms. The fraction of sp³-hybridized carbons (Fsp3) is 0.533. The molecule has 0 saturated carbocycles. The average Bonchev–Trinajstić information content (AvgIpc) is 2.79. The average molecular weight is 271 g/mol. The summed E-state index contributed by atoms with van der Waals surface area (Å²) in [5.41, 5.74) is 3.05. The Bertz CT molecular complexity index is 604. The van der Waals surface area contributed by atoms with E-state index in [1.54, 1.807) is 0 Å². The van der Waals surface area contributed by atoms with Crippen LogP contribution >= 0.6 is 0 Å². The number of likely N-dealkylation sites (N-methyl/N-ethyl adjacent to an activating group) is 1. The van der Waals surface area contributed by atoms with Crippen molar-refractivity contribution in [2.24, 2.45) is 7.05 Å². The first kappa shape index (κ1) is 13.2. The van der Waals surface area contributed by atoms with Crippen molar-refractivity contribution < 1.29 is 0 Å². The first-order valence-corrected chi connectivity index (χ1v) is 7.14. The highest BCUT2D eigenvalue weighted by Crippen LogP contribution is 2.26. The van der Waals surface area contributed by atoms with Gasteiger partial charge in [-0.3, -0.25) is 4.98 Å². The minimum absolute atomic E-state index is 0.496. The van der Waals surface area contributed by atoms with Gasteiger partial charge in [0.05, 0.1) is 23.8 Å². The largest absolute Gasteiger partial charge is 0.330 e. The van der Waals surface area contributed by atoms with Crippen LogP contribution in [0.1, 0.15) is 30.3 Å². The number of imidazole rings is 1. The second kappa shape index (κ2) is 5.32. The maximum atomic E-state index is 4.83. The van der Waals surface area contributed by atoms with E-state index in [9.17, 15) is 0 Å². The molecular formula is C15H21N5. The number of hydrogen-bond donors (Lipinski definition) is 0. The zero-order valence-corrected chi connectivity index (χ0v) is 12.4. The van der Waals surface area contributed by atoms with Crippen LogP contribution in [0.15, 0.2) is 18.6 Å². The zero-order chi connectivity index (χ0) is 14.1. The highest BCUT2D eigenvalue weighted by molar-refractivity contribution is 5.53. The van der Waals surface area contributed by atoms with Gasteiger partial charge in [0.2, 0.25) is 0 Å². The van der Waals surface area contributed by atoms with Crippen LogP contribution in [-0.2, 0) is 7.05 Å². The molecule has 106 valence electrons. The van der Waals surface area contributed by atoms with Crippen LogP contribution in [0.4, 0.5) is 0 Å². The van der Waals surface area contributed by atoms with Crippen molar-refractivity contribution in [1.82, 2.24) is 24.4 Å². The molecule has 1 fully saturated rings. The summed E-state index contributed by atoms with van der Waals surface area (Å²) in [6.07, 6.45) is 8.05. The first-order valence-electron chi connectivity index (χ1n) is 7.14. The lowest BCUT2D eigenvalue weighted by molar-refractivity contribution is 0.248. The van der Waals surface area contributed by atoms with Crippen molar-refractivity contribution >= 4 is 0 Å². The van der Waals surface area contributed by atoms with Crippen LogP contribution in [0.3, 0.4) is 0 Å². The van der Waals surface area contributed by atoms with E-state index in [4.69, 9.17) is 4.98 Å². The summed E-state index contributed by atoms with van der Waals surface area (Å²) < 4.78 is 2.06. The van der Waals surface area contributed by atoms with E-state index < -0.39 is 0 Å². The van der Waals surface area contributed by atoms with Gasteiger partial charge in [-0.05, 0) is 33.4 Å². The number of aromatic nitrogens is 4. The number of rotatable bonds is 2. The third kappa shape index (κ3) is 2.45. The van der Waals surface area contributed by atoms with Gasteiger partial charge in [-0.15, -0.1) is 0 Å². The Kier molecular flexibility index (Phi) is 3.53. The second-order valence-corrected chi connectivity index (χ2v) is 5.68. The lowest BCUT2D eigenvalue weighted by Gasteiger charge is -2.29. The minimum Gasteiger partial charge on any atom is -0.330 e. The summed E-state index contributed by atoms with van der Waals surface area (Å²) >= 11 is 0. The molecule has 0 N–H and O–H groups in total. The van der Waals surface area contributed by atoms with Gasteiger partial charge in [-0.25, -0.2) is 9.97 Å². The second-order valence-electron chi connectivity index (χ2n) is 5.68. The van der Waals surface area contributed by atoms with Gasteiger partial charge in [0, 0.05) is 25.7 Å². The van der Waals surface area contributed by atoms with E-state index in [2.05, 4.69) is 26.5 Å². The van der Waals surface area contributed by atoms with Crippen LogP contribution in [-0.4, -0.2) is 44.6 Å². The Morgan fingerprint density at radius 3 is 2.75 bits per heavy atom. The highest BCUT2D eigenvalue weighted by atomic mass is 15.1. The molecule has 5 nitrogen and oxygen atoms in total. The van der Waals surface area contributed by atoms with E-state index in [0.29, 0.717) is 5.92 Å². The normalized spacial score (nSPS) is 20.2. The Morgan fingerprint density at radius 1 is 1.20 bits per heavy atom. The third-order valence-electron chi connectivity index (χ3n) is 4.18. The van der Waals surface area contributed by atoms with Crippen LogP contribution in [0.25, 0.3) is 11.4 Å². The third-order valence-corrected chi connectivity index (χ3v) is 4.18. The molecule has 0 radical (unpaired) electrons. The summed E-state index contributed by atoms with van der Waals surface area (Å²) in [7, 11) is 4.19. The molecule has 2 aromatic rings. The SMILES string of the molecule is Cc1ncc(-c2cncc([C@H]3CCCN(C)C3)n2)n1C. The van der Waals surface area contributed by atoms with Gasteiger partial charge in [0.25, 0.3) is 0 Å². The molecule has 0 aromatic carbocycles. The molecule has 3 heterocycles.